The normalized spacial score (nSPS) is 6.50. The Labute approximate surface area is 29.7 Å². The van der Waals surface area contributed by atoms with Gasteiger partial charge in [0.2, 0.25) is 0 Å². The standard InChI is InChI=1S/H2O2PS/c1-3(2)4/h(H2,1,2,4). The molecular weight excluding hydrogens is 95.0 g/mol. The van der Waals surface area contributed by atoms with E-state index >= 15 is 0 Å². The SMILES string of the molecule is O[P](O)=S. The van der Waals surface area contributed by atoms with Crippen LogP contribution in [0.25, 0.3) is 0 Å². The fourth-order valence-electron chi connectivity index (χ4n) is 0. The molecular formula is H2O2PS. The monoisotopic (exact) mass is 97.0 g/mol. The summed E-state index contributed by atoms with van der Waals surface area (Å²) in [5.74, 6) is 0. The Morgan fingerprint density at radius 3 is 1.50 bits per heavy atom. The molecule has 2 N–H and O–H groups in total. The molecule has 0 unspecified atom stereocenters. The van der Waals surface area contributed by atoms with Crippen molar-refractivity contribution >= 4 is 19.0 Å². The van der Waals surface area contributed by atoms with Gasteiger partial charge >= 0.3 is 0 Å². The zero-order valence-corrected chi connectivity index (χ0v) is 3.46. The quantitative estimate of drug-likeness (QED) is 0.409. The van der Waals surface area contributed by atoms with E-state index in [1.807, 2.05) is 0 Å². The van der Waals surface area contributed by atoms with E-state index in [0.717, 1.165) is 0 Å². The van der Waals surface area contributed by atoms with Crippen LogP contribution in [0, 0.1) is 0 Å². The van der Waals surface area contributed by atoms with Crippen molar-refractivity contribution in [2.75, 3.05) is 0 Å². The molecule has 0 fully saturated rings. The topological polar surface area (TPSA) is 40.5 Å². The molecule has 0 heterocycles. The molecule has 0 aromatic rings. The lowest BCUT2D eigenvalue weighted by atomic mass is 15.9. The van der Waals surface area contributed by atoms with Crippen molar-refractivity contribution in [3.8, 4) is 0 Å². The highest BCUT2D eigenvalue weighted by molar-refractivity contribution is 7.99. The third-order valence-corrected chi connectivity index (χ3v) is 0. The van der Waals surface area contributed by atoms with Crippen LogP contribution in [0.3, 0.4) is 0 Å². The van der Waals surface area contributed by atoms with E-state index in [1.54, 1.807) is 0 Å². The first-order valence-corrected chi connectivity index (χ1v) is 2.84. The highest BCUT2D eigenvalue weighted by Gasteiger charge is 1.57. The molecule has 2 nitrogen and oxygen atoms in total. The molecule has 0 rings (SSSR count). The van der Waals surface area contributed by atoms with Gasteiger partial charge < -0.3 is 9.79 Å². The summed E-state index contributed by atoms with van der Waals surface area (Å²) in [6, 6.07) is 0. The van der Waals surface area contributed by atoms with Crippen molar-refractivity contribution in [3.05, 3.63) is 0 Å². The summed E-state index contributed by atoms with van der Waals surface area (Å²) in [7, 11) is -2.04. The van der Waals surface area contributed by atoms with Gasteiger partial charge in [-0.1, -0.05) is 0 Å². The predicted octanol–water partition coefficient (Wildman–Crippen LogP) is -0.255. The predicted molar refractivity (Wildman–Crippen MR) is 18.7 cm³/mol. The molecule has 4 heavy (non-hydrogen) atoms. The summed E-state index contributed by atoms with van der Waals surface area (Å²) >= 11 is 3.80. The molecule has 0 aliphatic rings. The molecule has 0 atom stereocenters. The van der Waals surface area contributed by atoms with E-state index in [4.69, 9.17) is 9.79 Å². The van der Waals surface area contributed by atoms with E-state index < -0.39 is 7.15 Å². The van der Waals surface area contributed by atoms with Crippen molar-refractivity contribution in [1.82, 2.24) is 0 Å². The third kappa shape index (κ3) is 26.1. The smallest absolute Gasteiger partial charge is 0.196 e. The summed E-state index contributed by atoms with van der Waals surface area (Å²) in [6.07, 6.45) is 0. The van der Waals surface area contributed by atoms with Gasteiger partial charge in [0.15, 0.2) is 7.15 Å². The van der Waals surface area contributed by atoms with E-state index in [2.05, 4.69) is 11.8 Å². The molecule has 0 aliphatic heterocycles. The van der Waals surface area contributed by atoms with Crippen molar-refractivity contribution in [1.29, 1.82) is 0 Å². The molecule has 0 spiro atoms. The number of hydrogen-bond acceptors (Lipinski definition) is 1. The molecule has 0 aliphatic carbocycles. The molecule has 0 bridgehead atoms. The van der Waals surface area contributed by atoms with Crippen LogP contribution in [0.5, 0.6) is 0 Å². The molecule has 4 heteroatoms. The van der Waals surface area contributed by atoms with Crippen LogP contribution in [0.1, 0.15) is 0 Å². The molecule has 25 valence electrons. The zero-order valence-electron chi connectivity index (χ0n) is 1.75. The maximum Gasteiger partial charge on any atom is 0.196 e. The van der Waals surface area contributed by atoms with Crippen LogP contribution in [0.4, 0.5) is 0 Å². The molecule has 0 aromatic heterocycles. The van der Waals surface area contributed by atoms with E-state index in [0.29, 0.717) is 0 Å². The van der Waals surface area contributed by atoms with Crippen molar-refractivity contribution in [2.24, 2.45) is 0 Å². The van der Waals surface area contributed by atoms with Crippen molar-refractivity contribution < 1.29 is 9.79 Å². The first kappa shape index (κ1) is 4.44. The average molecular weight is 97.1 g/mol. The Hall–Kier alpha value is 0.440. The lowest BCUT2D eigenvalue weighted by molar-refractivity contribution is 0.509. The van der Waals surface area contributed by atoms with Crippen LogP contribution >= 0.6 is 7.15 Å². The molecule has 0 saturated carbocycles. The maximum absolute atomic E-state index is 7.49. The van der Waals surface area contributed by atoms with Crippen LogP contribution in [0.2, 0.25) is 0 Å². The number of rotatable bonds is 0. The van der Waals surface area contributed by atoms with Gasteiger partial charge in [-0.25, -0.2) is 0 Å². The van der Waals surface area contributed by atoms with Crippen LogP contribution < -0.4 is 0 Å². The van der Waals surface area contributed by atoms with Crippen molar-refractivity contribution in [2.45, 2.75) is 0 Å². The van der Waals surface area contributed by atoms with Gasteiger partial charge in [0, 0.05) is 0 Å². The Morgan fingerprint density at radius 2 is 1.50 bits per heavy atom. The second kappa shape index (κ2) is 1.73. The average Bonchev–Trinajstić information content (AvgIpc) is 0.811. The molecule has 1 radical (unpaired) electrons. The first-order valence-electron chi connectivity index (χ1n) is 0.583. The second-order valence-corrected chi connectivity index (χ2v) is 1.74. The molecule has 0 saturated heterocycles. The minimum absolute atomic E-state index is 2.04. The van der Waals surface area contributed by atoms with Gasteiger partial charge in [-0.05, 0) is 11.8 Å². The summed E-state index contributed by atoms with van der Waals surface area (Å²) < 4.78 is 0. The van der Waals surface area contributed by atoms with Crippen LogP contribution in [-0.4, -0.2) is 9.79 Å². The zero-order chi connectivity index (χ0) is 3.58. The van der Waals surface area contributed by atoms with Crippen LogP contribution in [0.15, 0.2) is 0 Å². The van der Waals surface area contributed by atoms with E-state index in [9.17, 15) is 0 Å². The van der Waals surface area contributed by atoms with Gasteiger partial charge in [-0.15, -0.1) is 0 Å². The minimum Gasteiger partial charge on any atom is -0.320 e. The summed E-state index contributed by atoms with van der Waals surface area (Å²) in [4.78, 5) is 15.0. The summed E-state index contributed by atoms with van der Waals surface area (Å²) in [5, 5.41) is 0. The lowest BCUT2D eigenvalue weighted by Gasteiger charge is -1.63. The summed E-state index contributed by atoms with van der Waals surface area (Å²) in [5.41, 5.74) is 0. The van der Waals surface area contributed by atoms with E-state index in [-0.39, 0.29) is 0 Å². The first-order chi connectivity index (χ1) is 1.73. The van der Waals surface area contributed by atoms with E-state index in [1.165, 1.54) is 0 Å². The fraction of sp³-hybridized carbons (Fsp3) is 0. The fourth-order valence-corrected chi connectivity index (χ4v) is 0. The number of hydrogen-bond donors (Lipinski definition) is 2. The Morgan fingerprint density at radius 1 is 1.50 bits per heavy atom. The Balaban J connectivity index is 2.80. The maximum atomic E-state index is 7.49. The van der Waals surface area contributed by atoms with Gasteiger partial charge in [0.05, 0.1) is 0 Å². The lowest BCUT2D eigenvalue weighted by Crippen LogP contribution is -1.36. The van der Waals surface area contributed by atoms with Crippen molar-refractivity contribution in [3.63, 3.8) is 0 Å². The molecule has 0 amide bonds. The largest absolute Gasteiger partial charge is 0.320 e. The summed E-state index contributed by atoms with van der Waals surface area (Å²) in [6.45, 7) is 0. The van der Waals surface area contributed by atoms with Gasteiger partial charge in [0.1, 0.15) is 0 Å². The second-order valence-electron chi connectivity index (χ2n) is 0.253. The highest BCUT2D eigenvalue weighted by atomic mass is 32.4. The van der Waals surface area contributed by atoms with Crippen LogP contribution in [-0.2, 0) is 11.8 Å². The van der Waals surface area contributed by atoms with Gasteiger partial charge in [-0.3, -0.25) is 0 Å². The Kier molecular flexibility index (Phi) is 1.92. The third-order valence-electron chi connectivity index (χ3n) is 0. The molecule has 0 aromatic carbocycles. The highest BCUT2D eigenvalue weighted by Crippen LogP contribution is 1.99. The Bertz CT molecular complexity index is 29.0. The van der Waals surface area contributed by atoms with Gasteiger partial charge in [0.25, 0.3) is 0 Å². The minimum atomic E-state index is -2.04. The van der Waals surface area contributed by atoms with Gasteiger partial charge in [-0.2, -0.15) is 0 Å².